The lowest BCUT2D eigenvalue weighted by Gasteiger charge is -2.25. The van der Waals surface area contributed by atoms with E-state index >= 15 is 8.78 Å². The Hall–Kier alpha value is -2.80. The average Bonchev–Trinajstić information content (AvgIpc) is 3.34. The third-order valence-corrected chi connectivity index (χ3v) is 8.55. The van der Waals surface area contributed by atoms with Gasteiger partial charge in [-0.3, -0.25) is 4.39 Å². The molecule has 0 saturated carbocycles. The molecule has 2 aliphatic rings. The third kappa shape index (κ3) is 5.81. The second-order valence-electron chi connectivity index (χ2n) is 10.5. The molecular formula is C32H30Cl2F3NO2. The second kappa shape index (κ2) is 12.0. The molecule has 1 aliphatic carbocycles. The summed E-state index contributed by atoms with van der Waals surface area (Å²) < 4.78 is 43.7. The number of nitrogens with zero attached hydrogens (tertiary/aromatic N) is 1. The number of alkyl halides is 3. The molecule has 1 fully saturated rings. The molecule has 0 spiro atoms. The molecule has 8 heteroatoms. The standard InChI is InChI=1S/C32H30Cl2F3NO2/c33-25-10-12-27(29(34)18-25)28-4-1-3-21-17-22(31(39)40)7-11-26(21)30(28)20-5-8-23(9-6-20)32(36,37)24-13-16-38(19-24)15-2-14-35/h5-12,17-18,24H,1-4,13-16,19H2,(H,39,40). The maximum atomic E-state index is 15.6. The third-order valence-electron chi connectivity index (χ3n) is 8.00. The first kappa shape index (κ1) is 28.7. The summed E-state index contributed by atoms with van der Waals surface area (Å²) >= 11 is 12.8. The number of carbonyl (C=O) groups is 1. The van der Waals surface area contributed by atoms with E-state index in [-0.39, 0.29) is 17.7 Å². The van der Waals surface area contributed by atoms with Crippen LogP contribution in [0.25, 0.3) is 11.1 Å². The summed E-state index contributed by atoms with van der Waals surface area (Å²) in [5.41, 5.74) is 5.29. The van der Waals surface area contributed by atoms with Crippen molar-refractivity contribution in [2.75, 3.05) is 26.3 Å². The molecule has 0 aromatic heterocycles. The molecule has 1 saturated heterocycles. The Balaban J connectivity index is 1.57. The van der Waals surface area contributed by atoms with E-state index in [1.54, 1.807) is 42.5 Å². The molecule has 3 nitrogen and oxygen atoms in total. The highest BCUT2D eigenvalue weighted by molar-refractivity contribution is 6.36. The largest absolute Gasteiger partial charge is 0.478 e. The average molecular weight is 588 g/mol. The molecule has 1 unspecified atom stereocenters. The summed E-state index contributed by atoms with van der Waals surface area (Å²) in [6, 6.07) is 16.8. The van der Waals surface area contributed by atoms with Crippen LogP contribution in [-0.2, 0) is 12.3 Å². The first-order valence-corrected chi connectivity index (χ1v) is 14.3. The number of aromatic carboxylic acids is 1. The first-order valence-electron chi connectivity index (χ1n) is 13.5. The van der Waals surface area contributed by atoms with Crippen LogP contribution in [0, 0.1) is 5.92 Å². The minimum atomic E-state index is -3.02. The molecule has 3 aromatic rings. The summed E-state index contributed by atoms with van der Waals surface area (Å²) in [7, 11) is 0. The number of carboxylic acids is 1. The van der Waals surface area contributed by atoms with E-state index in [4.69, 9.17) is 23.2 Å². The highest BCUT2D eigenvalue weighted by Gasteiger charge is 2.44. The van der Waals surface area contributed by atoms with Crippen LogP contribution < -0.4 is 0 Å². The van der Waals surface area contributed by atoms with Gasteiger partial charge in [0.05, 0.1) is 12.2 Å². The molecule has 0 radical (unpaired) electrons. The monoisotopic (exact) mass is 587 g/mol. The van der Waals surface area contributed by atoms with Gasteiger partial charge in [0.15, 0.2) is 0 Å². The number of likely N-dealkylation sites (tertiary alicyclic amines) is 1. The lowest BCUT2D eigenvalue weighted by Crippen LogP contribution is -2.30. The first-order chi connectivity index (χ1) is 19.2. The van der Waals surface area contributed by atoms with Crippen molar-refractivity contribution >= 4 is 40.3 Å². The van der Waals surface area contributed by atoms with Gasteiger partial charge in [-0.25, -0.2) is 13.6 Å². The Morgan fingerprint density at radius 1 is 1.00 bits per heavy atom. The van der Waals surface area contributed by atoms with Crippen molar-refractivity contribution < 1.29 is 23.1 Å². The number of fused-ring (bicyclic) bond motifs is 1. The van der Waals surface area contributed by atoms with Gasteiger partial charge in [-0.1, -0.05) is 59.6 Å². The van der Waals surface area contributed by atoms with Crippen molar-refractivity contribution in [2.45, 2.75) is 38.0 Å². The fraction of sp³-hybridized carbons (Fsp3) is 0.344. The van der Waals surface area contributed by atoms with Crippen LogP contribution in [0.15, 0.2) is 60.7 Å². The minimum absolute atomic E-state index is 0.0460. The molecule has 0 amide bonds. The zero-order valence-electron chi connectivity index (χ0n) is 21.9. The van der Waals surface area contributed by atoms with E-state index in [0.29, 0.717) is 48.8 Å². The zero-order valence-corrected chi connectivity index (χ0v) is 23.4. The smallest absolute Gasteiger partial charge is 0.335 e. The quantitative estimate of drug-likeness (QED) is 0.286. The van der Waals surface area contributed by atoms with E-state index in [2.05, 4.69) is 0 Å². The number of carboxylic acid groups (broad SMARTS) is 1. The molecule has 1 aliphatic heterocycles. The number of hydrogen-bond donors (Lipinski definition) is 1. The van der Waals surface area contributed by atoms with Crippen LogP contribution >= 0.6 is 23.2 Å². The minimum Gasteiger partial charge on any atom is -0.478 e. The number of halogens is 5. The van der Waals surface area contributed by atoms with E-state index in [0.717, 1.165) is 39.8 Å². The van der Waals surface area contributed by atoms with Crippen LogP contribution in [0.2, 0.25) is 10.0 Å². The number of hydrogen-bond acceptors (Lipinski definition) is 2. The van der Waals surface area contributed by atoms with Gasteiger partial charge in [0.2, 0.25) is 0 Å². The van der Waals surface area contributed by atoms with Crippen LogP contribution in [0.1, 0.15) is 63.9 Å². The molecule has 1 N–H and O–H groups in total. The zero-order chi connectivity index (χ0) is 28.4. The Bertz CT molecular complexity index is 1440. The van der Waals surface area contributed by atoms with Crippen molar-refractivity contribution in [1.29, 1.82) is 0 Å². The molecule has 0 bridgehead atoms. The number of allylic oxidation sites excluding steroid dienone is 1. The van der Waals surface area contributed by atoms with Crippen LogP contribution in [0.5, 0.6) is 0 Å². The van der Waals surface area contributed by atoms with E-state index in [1.165, 1.54) is 12.1 Å². The fourth-order valence-corrected chi connectivity index (χ4v) is 6.49. The lowest BCUT2D eigenvalue weighted by atomic mass is 9.86. The summed E-state index contributed by atoms with van der Waals surface area (Å²) in [5.74, 6) is -4.84. The highest BCUT2D eigenvalue weighted by atomic mass is 35.5. The van der Waals surface area contributed by atoms with E-state index < -0.39 is 24.5 Å². The van der Waals surface area contributed by atoms with Crippen molar-refractivity contribution in [3.05, 3.63) is 104 Å². The molecule has 3 aromatic carbocycles. The fourth-order valence-electron chi connectivity index (χ4n) is 5.96. The Labute approximate surface area is 242 Å². The maximum absolute atomic E-state index is 15.6. The van der Waals surface area contributed by atoms with Gasteiger partial charge in [-0.15, -0.1) is 0 Å². The van der Waals surface area contributed by atoms with Crippen LogP contribution in [-0.4, -0.2) is 42.3 Å². The normalized spacial score (nSPS) is 18.1. The summed E-state index contributed by atoms with van der Waals surface area (Å²) in [6.45, 7) is 0.845. The van der Waals surface area contributed by atoms with Gasteiger partial charge < -0.3 is 10.0 Å². The van der Waals surface area contributed by atoms with Gasteiger partial charge in [0.25, 0.3) is 5.92 Å². The molecule has 210 valence electrons. The number of aryl methyl sites for hydroxylation is 1. The van der Waals surface area contributed by atoms with E-state index in [9.17, 15) is 14.3 Å². The van der Waals surface area contributed by atoms with Crippen molar-refractivity contribution in [1.82, 2.24) is 4.90 Å². The van der Waals surface area contributed by atoms with Crippen molar-refractivity contribution in [3.8, 4) is 0 Å². The highest BCUT2D eigenvalue weighted by Crippen LogP contribution is 2.45. The predicted molar refractivity (Wildman–Crippen MR) is 154 cm³/mol. The predicted octanol–water partition coefficient (Wildman–Crippen LogP) is 8.76. The van der Waals surface area contributed by atoms with E-state index in [1.807, 2.05) is 11.0 Å². The van der Waals surface area contributed by atoms with Gasteiger partial charge in [-0.2, -0.15) is 0 Å². The summed E-state index contributed by atoms with van der Waals surface area (Å²) in [4.78, 5) is 13.6. The number of rotatable bonds is 8. The number of benzene rings is 3. The molecule has 40 heavy (non-hydrogen) atoms. The molecule has 1 atom stereocenters. The van der Waals surface area contributed by atoms with Gasteiger partial charge >= 0.3 is 5.97 Å². The Morgan fingerprint density at radius 3 is 2.45 bits per heavy atom. The van der Waals surface area contributed by atoms with Gasteiger partial charge in [0, 0.05) is 34.6 Å². The molecular weight excluding hydrogens is 558 g/mol. The molecule has 5 rings (SSSR count). The topological polar surface area (TPSA) is 40.5 Å². The second-order valence-corrected chi connectivity index (χ2v) is 11.4. The summed E-state index contributed by atoms with van der Waals surface area (Å²) in [5, 5.41) is 10.6. The Kier molecular flexibility index (Phi) is 8.60. The van der Waals surface area contributed by atoms with Gasteiger partial charge in [0.1, 0.15) is 0 Å². The maximum Gasteiger partial charge on any atom is 0.335 e. The van der Waals surface area contributed by atoms with Crippen molar-refractivity contribution in [3.63, 3.8) is 0 Å². The van der Waals surface area contributed by atoms with Crippen LogP contribution in [0.4, 0.5) is 13.2 Å². The van der Waals surface area contributed by atoms with Crippen molar-refractivity contribution in [2.24, 2.45) is 5.92 Å². The SMILES string of the molecule is O=C(O)c1ccc2c(c1)CCCC(c1ccc(Cl)cc1Cl)=C2c1ccc(C(F)(F)C2CCN(CCCF)C2)cc1. The van der Waals surface area contributed by atoms with Crippen LogP contribution in [0.3, 0.4) is 0 Å². The summed E-state index contributed by atoms with van der Waals surface area (Å²) in [6.07, 6.45) is 2.83. The Morgan fingerprint density at radius 2 is 1.75 bits per heavy atom. The lowest BCUT2D eigenvalue weighted by molar-refractivity contribution is -0.0609. The molecule has 1 heterocycles. The van der Waals surface area contributed by atoms with Gasteiger partial charge in [-0.05, 0) is 96.3 Å².